The Morgan fingerprint density at radius 1 is 1.59 bits per heavy atom. The molecule has 1 aromatic rings. The number of anilines is 1. The standard InChI is InChI=1S/C13H18N4/c1-15-10-11-5-2-3-8-17(11)13-6-4-7-16-12(13)9-14/h4,6-7,11,15H,2-3,5,8,10H2,1H3. The molecule has 0 aliphatic carbocycles. The number of nitrogens with one attached hydrogen (secondary N) is 1. The van der Waals surface area contributed by atoms with Crippen molar-refractivity contribution in [3.8, 4) is 6.07 Å². The number of rotatable bonds is 3. The third-order valence-electron chi connectivity index (χ3n) is 3.27. The van der Waals surface area contributed by atoms with E-state index < -0.39 is 0 Å². The van der Waals surface area contributed by atoms with Crippen LogP contribution in [0.3, 0.4) is 0 Å². The van der Waals surface area contributed by atoms with Crippen LogP contribution in [0.1, 0.15) is 25.0 Å². The van der Waals surface area contributed by atoms with E-state index >= 15 is 0 Å². The van der Waals surface area contributed by atoms with Crippen LogP contribution in [0.25, 0.3) is 0 Å². The van der Waals surface area contributed by atoms with Crippen LogP contribution in [0.4, 0.5) is 5.69 Å². The summed E-state index contributed by atoms with van der Waals surface area (Å²) in [5.41, 5.74) is 1.52. The lowest BCUT2D eigenvalue weighted by molar-refractivity contribution is 0.446. The Bertz CT molecular complexity index is 408. The van der Waals surface area contributed by atoms with Crippen molar-refractivity contribution in [2.24, 2.45) is 0 Å². The smallest absolute Gasteiger partial charge is 0.163 e. The average molecular weight is 230 g/mol. The molecule has 0 amide bonds. The first-order valence-electron chi connectivity index (χ1n) is 6.13. The molecule has 2 heterocycles. The second-order valence-electron chi connectivity index (χ2n) is 4.38. The molecule has 1 saturated heterocycles. The van der Waals surface area contributed by atoms with Crippen LogP contribution in [0.2, 0.25) is 0 Å². The lowest BCUT2D eigenvalue weighted by Crippen LogP contribution is -2.45. The van der Waals surface area contributed by atoms with Gasteiger partial charge in [0.2, 0.25) is 0 Å². The molecule has 4 heteroatoms. The van der Waals surface area contributed by atoms with Gasteiger partial charge in [-0.25, -0.2) is 4.98 Å². The van der Waals surface area contributed by atoms with Gasteiger partial charge in [0, 0.05) is 25.3 Å². The van der Waals surface area contributed by atoms with Crippen molar-refractivity contribution in [3.63, 3.8) is 0 Å². The lowest BCUT2D eigenvalue weighted by Gasteiger charge is -2.37. The van der Waals surface area contributed by atoms with E-state index in [2.05, 4.69) is 21.3 Å². The van der Waals surface area contributed by atoms with Gasteiger partial charge in [0.05, 0.1) is 5.69 Å². The van der Waals surface area contributed by atoms with Crippen LogP contribution < -0.4 is 10.2 Å². The third-order valence-corrected chi connectivity index (χ3v) is 3.27. The maximum absolute atomic E-state index is 9.11. The molecule has 0 saturated carbocycles. The van der Waals surface area contributed by atoms with E-state index in [4.69, 9.17) is 5.26 Å². The van der Waals surface area contributed by atoms with E-state index in [1.807, 2.05) is 19.2 Å². The number of hydrogen-bond donors (Lipinski definition) is 1. The monoisotopic (exact) mass is 230 g/mol. The second-order valence-corrected chi connectivity index (χ2v) is 4.38. The summed E-state index contributed by atoms with van der Waals surface area (Å²) in [5, 5.41) is 12.3. The first-order valence-corrected chi connectivity index (χ1v) is 6.13. The fourth-order valence-corrected chi connectivity index (χ4v) is 2.48. The minimum Gasteiger partial charge on any atom is -0.365 e. The number of aromatic nitrogens is 1. The highest BCUT2D eigenvalue weighted by Gasteiger charge is 2.24. The number of hydrogen-bond acceptors (Lipinski definition) is 4. The van der Waals surface area contributed by atoms with E-state index in [0.29, 0.717) is 11.7 Å². The van der Waals surface area contributed by atoms with Gasteiger partial charge < -0.3 is 10.2 Å². The molecule has 1 aliphatic rings. The summed E-state index contributed by atoms with van der Waals surface area (Å²) >= 11 is 0. The Morgan fingerprint density at radius 2 is 2.47 bits per heavy atom. The average Bonchev–Trinajstić information content (AvgIpc) is 2.40. The van der Waals surface area contributed by atoms with Gasteiger partial charge in [-0.3, -0.25) is 0 Å². The van der Waals surface area contributed by atoms with Gasteiger partial charge >= 0.3 is 0 Å². The van der Waals surface area contributed by atoms with E-state index in [0.717, 1.165) is 18.8 Å². The molecule has 1 aromatic heterocycles. The highest BCUT2D eigenvalue weighted by atomic mass is 15.2. The minimum absolute atomic E-state index is 0.477. The van der Waals surface area contributed by atoms with Crippen LogP contribution >= 0.6 is 0 Å². The topological polar surface area (TPSA) is 52.0 Å². The van der Waals surface area contributed by atoms with E-state index in [-0.39, 0.29) is 0 Å². The molecular weight excluding hydrogens is 212 g/mol. The van der Waals surface area contributed by atoms with Crippen LogP contribution in [-0.4, -0.2) is 31.2 Å². The minimum atomic E-state index is 0.477. The molecule has 90 valence electrons. The molecule has 1 aliphatic heterocycles. The van der Waals surface area contributed by atoms with Crippen molar-refractivity contribution >= 4 is 5.69 Å². The summed E-state index contributed by atoms with van der Waals surface area (Å²) in [4.78, 5) is 6.47. The van der Waals surface area contributed by atoms with Gasteiger partial charge in [-0.1, -0.05) is 0 Å². The lowest BCUT2D eigenvalue weighted by atomic mass is 10.0. The van der Waals surface area contributed by atoms with E-state index in [9.17, 15) is 0 Å². The quantitative estimate of drug-likeness (QED) is 0.855. The van der Waals surface area contributed by atoms with Crippen molar-refractivity contribution in [2.45, 2.75) is 25.3 Å². The van der Waals surface area contributed by atoms with Crippen LogP contribution in [0.5, 0.6) is 0 Å². The maximum Gasteiger partial charge on any atom is 0.163 e. The molecule has 4 nitrogen and oxygen atoms in total. The second kappa shape index (κ2) is 5.65. The fourth-order valence-electron chi connectivity index (χ4n) is 2.48. The highest BCUT2D eigenvalue weighted by molar-refractivity contribution is 5.56. The number of piperidine rings is 1. The Kier molecular flexibility index (Phi) is 3.94. The number of pyridine rings is 1. The Hall–Kier alpha value is -1.60. The molecule has 0 aromatic carbocycles. The van der Waals surface area contributed by atoms with Crippen LogP contribution in [-0.2, 0) is 0 Å². The van der Waals surface area contributed by atoms with Crippen molar-refractivity contribution < 1.29 is 0 Å². The van der Waals surface area contributed by atoms with Crippen molar-refractivity contribution in [3.05, 3.63) is 24.0 Å². The van der Waals surface area contributed by atoms with Gasteiger partial charge in [0.1, 0.15) is 6.07 Å². The first kappa shape index (κ1) is 11.9. The van der Waals surface area contributed by atoms with Crippen molar-refractivity contribution in [2.75, 3.05) is 25.0 Å². The largest absolute Gasteiger partial charge is 0.365 e. The summed E-state index contributed by atoms with van der Waals surface area (Å²) in [6, 6.07) is 6.56. The highest BCUT2D eigenvalue weighted by Crippen LogP contribution is 2.26. The summed E-state index contributed by atoms with van der Waals surface area (Å²) < 4.78 is 0. The van der Waals surface area contributed by atoms with Gasteiger partial charge in [0.25, 0.3) is 0 Å². The SMILES string of the molecule is CNCC1CCCCN1c1cccnc1C#N. The van der Waals surface area contributed by atoms with Gasteiger partial charge in [-0.05, 0) is 38.4 Å². The Balaban J connectivity index is 2.26. The summed E-state index contributed by atoms with van der Waals surface area (Å²) in [6.45, 7) is 1.98. The molecule has 1 atom stereocenters. The Morgan fingerprint density at radius 3 is 3.24 bits per heavy atom. The predicted molar refractivity (Wildman–Crippen MR) is 67.9 cm³/mol. The van der Waals surface area contributed by atoms with Crippen molar-refractivity contribution in [1.29, 1.82) is 5.26 Å². The molecule has 0 spiro atoms. The molecule has 0 radical (unpaired) electrons. The molecular formula is C13H18N4. The molecule has 1 unspecified atom stereocenters. The summed E-state index contributed by atoms with van der Waals surface area (Å²) in [6.07, 6.45) is 5.32. The molecule has 17 heavy (non-hydrogen) atoms. The first-order chi connectivity index (χ1) is 8.36. The predicted octanol–water partition coefficient (Wildman–Crippen LogP) is 1.53. The summed E-state index contributed by atoms with van der Waals surface area (Å²) in [7, 11) is 1.97. The summed E-state index contributed by atoms with van der Waals surface area (Å²) in [5.74, 6) is 0. The zero-order valence-corrected chi connectivity index (χ0v) is 10.2. The van der Waals surface area contributed by atoms with Crippen LogP contribution in [0.15, 0.2) is 18.3 Å². The van der Waals surface area contributed by atoms with Gasteiger partial charge in [-0.2, -0.15) is 5.26 Å². The fraction of sp³-hybridized carbons (Fsp3) is 0.538. The Labute approximate surface area is 102 Å². The van der Waals surface area contributed by atoms with Crippen molar-refractivity contribution in [1.82, 2.24) is 10.3 Å². The van der Waals surface area contributed by atoms with E-state index in [1.54, 1.807) is 6.20 Å². The maximum atomic E-state index is 9.11. The van der Waals surface area contributed by atoms with Crippen LogP contribution in [0, 0.1) is 11.3 Å². The number of nitrogens with zero attached hydrogens (tertiary/aromatic N) is 3. The number of nitriles is 1. The molecule has 2 rings (SSSR count). The van der Waals surface area contributed by atoms with E-state index in [1.165, 1.54) is 19.3 Å². The van der Waals surface area contributed by atoms with Gasteiger partial charge in [0.15, 0.2) is 5.69 Å². The molecule has 0 bridgehead atoms. The normalized spacial score (nSPS) is 20.0. The molecule has 1 N–H and O–H groups in total. The van der Waals surface area contributed by atoms with Gasteiger partial charge in [-0.15, -0.1) is 0 Å². The number of likely N-dealkylation sites (N-methyl/N-ethyl adjacent to an activating group) is 1. The third kappa shape index (κ3) is 2.56. The molecule has 1 fully saturated rings. The zero-order valence-electron chi connectivity index (χ0n) is 10.2. The zero-order chi connectivity index (χ0) is 12.1.